The highest BCUT2D eigenvalue weighted by atomic mass is 32.2. The molecule has 1 aromatic rings. The SMILES string of the molecule is CC(=O)NC[C@H]1CN(c2ccc(C3=CCS(=O)(=NC(=O)CO)CC3)c(F)c2)C(=O)O1. The summed E-state index contributed by atoms with van der Waals surface area (Å²) in [4.78, 5) is 35.6. The monoisotopic (exact) mass is 439 g/mol. The molecule has 0 saturated carbocycles. The highest BCUT2D eigenvalue weighted by molar-refractivity contribution is 7.94. The van der Waals surface area contributed by atoms with Crippen molar-refractivity contribution in [3.05, 3.63) is 35.7 Å². The average molecular weight is 439 g/mol. The summed E-state index contributed by atoms with van der Waals surface area (Å²) in [5, 5.41) is 11.3. The van der Waals surface area contributed by atoms with Gasteiger partial charge in [0.2, 0.25) is 5.91 Å². The lowest BCUT2D eigenvalue weighted by atomic mass is 10.0. The molecule has 2 aliphatic heterocycles. The fourth-order valence-electron chi connectivity index (χ4n) is 3.26. The molecule has 11 heteroatoms. The Kier molecular flexibility index (Phi) is 6.52. The number of hydrogen-bond acceptors (Lipinski definition) is 6. The maximum atomic E-state index is 14.8. The number of aliphatic hydroxyl groups excluding tert-OH is 1. The Hall–Kier alpha value is -2.79. The zero-order chi connectivity index (χ0) is 21.9. The second-order valence-corrected chi connectivity index (χ2v) is 9.45. The van der Waals surface area contributed by atoms with Crippen LogP contribution in [0.1, 0.15) is 18.9 Å². The number of rotatable bonds is 5. The number of halogens is 1. The maximum absolute atomic E-state index is 14.8. The van der Waals surface area contributed by atoms with Gasteiger partial charge in [0.1, 0.15) is 18.5 Å². The number of carbonyl (C=O) groups excluding carboxylic acids is 3. The first-order valence-corrected chi connectivity index (χ1v) is 11.1. The Bertz CT molecular complexity index is 1030. The zero-order valence-electron chi connectivity index (χ0n) is 16.3. The number of benzene rings is 1. The van der Waals surface area contributed by atoms with Gasteiger partial charge in [-0.2, -0.15) is 4.36 Å². The molecule has 30 heavy (non-hydrogen) atoms. The fraction of sp³-hybridized carbons (Fsp3) is 0.421. The van der Waals surface area contributed by atoms with Gasteiger partial charge in [0.25, 0.3) is 5.91 Å². The van der Waals surface area contributed by atoms with E-state index < -0.39 is 40.3 Å². The Balaban J connectivity index is 1.74. The molecule has 1 aromatic carbocycles. The van der Waals surface area contributed by atoms with Gasteiger partial charge < -0.3 is 15.2 Å². The molecular formula is C19H22FN3O6S. The Labute approximate surface area is 173 Å². The molecule has 1 unspecified atom stereocenters. The van der Waals surface area contributed by atoms with Crippen molar-refractivity contribution in [1.29, 1.82) is 0 Å². The molecule has 0 radical (unpaired) electrons. The molecule has 2 N–H and O–H groups in total. The average Bonchev–Trinajstić information content (AvgIpc) is 3.07. The molecule has 3 amide bonds. The van der Waals surface area contributed by atoms with E-state index >= 15 is 0 Å². The molecule has 2 aliphatic rings. The number of ether oxygens (including phenoxy) is 1. The Morgan fingerprint density at radius 1 is 1.43 bits per heavy atom. The van der Waals surface area contributed by atoms with E-state index in [-0.39, 0.29) is 36.9 Å². The molecule has 0 bridgehead atoms. The molecule has 0 aliphatic carbocycles. The summed E-state index contributed by atoms with van der Waals surface area (Å²) in [6, 6.07) is 4.35. The lowest BCUT2D eigenvalue weighted by Gasteiger charge is -2.19. The van der Waals surface area contributed by atoms with Crippen LogP contribution in [-0.4, -0.2) is 64.5 Å². The molecular weight excluding hydrogens is 417 g/mol. The zero-order valence-corrected chi connectivity index (χ0v) is 17.1. The van der Waals surface area contributed by atoms with Crippen molar-refractivity contribution in [3.8, 4) is 0 Å². The normalized spacial score (nSPS) is 23.6. The van der Waals surface area contributed by atoms with Gasteiger partial charge in [0.05, 0.1) is 34.3 Å². The second-order valence-electron chi connectivity index (χ2n) is 6.98. The van der Waals surface area contributed by atoms with E-state index in [1.54, 1.807) is 12.1 Å². The van der Waals surface area contributed by atoms with Crippen molar-refractivity contribution in [3.63, 3.8) is 0 Å². The van der Waals surface area contributed by atoms with Crippen LogP contribution in [0.25, 0.3) is 5.57 Å². The van der Waals surface area contributed by atoms with Gasteiger partial charge in [-0.3, -0.25) is 14.5 Å². The van der Waals surface area contributed by atoms with E-state index in [4.69, 9.17) is 9.84 Å². The van der Waals surface area contributed by atoms with Gasteiger partial charge in [-0.05, 0) is 30.2 Å². The predicted molar refractivity (Wildman–Crippen MR) is 108 cm³/mol. The lowest BCUT2D eigenvalue weighted by Crippen LogP contribution is -2.33. The van der Waals surface area contributed by atoms with E-state index in [0.29, 0.717) is 16.8 Å². The van der Waals surface area contributed by atoms with E-state index in [1.807, 2.05) is 0 Å². The van der Waals surface area contributed by atoms with Crippen molar-refractivity contribution in [2.45, 2.75) is 19.4 Å². The van der Waals surface area contributed by atoms with Crippen LogP contribution in [0.3, 0.4) is 0 Å². The second kappa shape index (κ2) is 8.92. The predicted octanol–water partition coefficient (Wildman–Crippen LogP) is 1.06. The summed E-state index contributed by atoms with van der Waals surface area (Å²) < 4.78 is 36.0. The van der Waals surface area contributed by atoms with Gasteiger partial charge in [0, 0.05) is 18.2 Å². The van der Waals surface area contributed by atoms with Gasteiger partial charge in [0.15, 0.2) is 0 Å². The largest absolute Gasteiger partial charge is 0.442 e. The molecule has 0 aromatic heterocycles. The molecule has 1 fully saturated rings. The standard InChI is InChI=1S/C19H22FN3O6S/c1-12(25)21-9-15-10-23(19(27)29-15)14-2-3-16(17(20)8-14)13-4-6-30(28,7-5-13)22-18(26)11-24/h2-4,8,15,24H,5-7,9-11H2,1H3,(H,21,25)/t15-,30?/m0/s1. The summed E-state index contributed by atoms with van der Waals surface area (Å²) in [6.45, 7) is 0.922. The highest BCUT2D eigenvalue weighted by Crippen LogP contribution is 2.30. The van der Waals surface area contributed by atoms with Crippen LogP contribution in [0, 0.1) is 5.82 Å². The van der Waals surface area contributed by atoms with E-state index in [9.17, 15) is 23.0 Å². The first kappa shape index (κ1) is 21.9. The minimum absolute atomic E-state index is 0.00144. The van der Waals surface area contributed by atoms with Crippen molar-refractivity contribution in [1.82, 2.24) is 5.32 Å². The third-order valence-electron chi connectivity index (χ3n) is 4.75. The number of cyclic esters (lactones) is 1. The van der Waals surface area contributed by atoms with Crippen LogP contribution >= 0.6 is 0 Å². The third kappa shape index (κ3) is 5.03. The van der Waals surface area contributed by atoms with E-state index in [0.717, 1.165) is 0 Å². The first-order chi connectivity index (χ1) is 14.2. The summed E-state index contributed by atoms with van der Waals surface area (Å²) in [5.74, 6) is -1.53. The van der Waals surface area contributed by atoms with Gasteiger partial charge in [-0.1, -0.05) is 6.08 Å². The quantitative estimate of drug-likeness (QED) is 0.707. The van der Waals surface area contributed by atoms with Crippen molar-refractivity contribution in [2.75, 3.05) is 36.1 Å². The van der Waals surface area contributed by atoms with Crippen molar-refractivity contribution < 1.29 is 32.8 Å². The molecule has 9 nitrogen and oxygen atoms in total. The summed E-state index contributed by atoms with van der Waals surface area (Å²) in [5.41, 5.74) is 1.28. The topological polar surface area (TPSA) is 125 Å². The van der Waals surface area contributed by atoms with Gasteiger partial charge in [-0.15, -0.1) is 0 Å². The van der Waals surface area contributed by atoms with Crippen LogP contribution in [0.5, 0.6) is 0 Å². The third-order valence-corrected chi connectivity index (χ3v) is 6.81. The first-order valence-electron chi connectivity index (χ1n) is 9.28. The number of nitrogens with zero attached hydrogens (tertiary/aromatic N) is 2. The molecule has 3 rings (SSSR count). The number of carbonyl (C=O) groups is 3. The van der Waals surface area contributed by atoms with Crippen molar-refractivity contribution in [2.24, 2.45) is 4.36 Å². The molecule has 0 spiro atoms. The number of amides is 3. The van der Waals surface area contributed by atoms with Crippen LogP contribution in [0.4, 0.5) is 14.9 Å². The van der Waals surface area contributed by atoms with Gasteiger partial charge in [-0.25, -0.2) is 13.4 Å². The van der Waals surface area contributed by atoms with Crippen LogP contribution in [0.15, 0.2) is 28.6 Å². The van der Waals surface area contributed by atoms with Crippen LogP contribution in [0.2, 0.25) is 0 Å². The molecule has 162 valence electrons. The Morgan fingerprint density at radius 2 is 2.20 bits per heavy atom. The molecule has 1 saturated heterocycles. The number of allylic oxidation sites excluding steroid dienone is 1. The fourth-order valence-corrected chi connectivity index (χ4v) is 5.02. The summed E-state index contributed by atoms with van der Waals surface area (Å²) in [6.07, 6.45) is 0.709. The molecule has 2 atom stereocenters. The molecule has 2 heterocycles. The number of hydrogen-bond donors (Lipinski definition) is 2. The Morgan fingerprint density at radius 3 is 2.80 bits per heavy atom. The maximum Gasteiger partial charge on any atom is 0.414 e. The highest BCUT2D eigenvalue weighted by Gasteiger charge is 2.33. The van der Waals surface area contributed by atoms with E-state index in [2.05, 4.69) is 9.68 Å². The smallest absolute Gasteiger partial charge is 0.414 e. The lowest BCUT2D eigenvalue weighted by molar-refractivity contribution is -0.120. The minimum Gasteiger partial charge on any atom is -0.442 e. The number of nitrogens with one attached hydrogen (secondary N) is 1. The van der Waals surface area contributed by atoms with E-state index in [1.165, 1.54) is 24.0 Å². The summed E-state index contributed by atoms with van der Waals surface area (Å²) >= 11 is 0. The number of aliphatic hydroxyl groups is 1. The number of anilines is 1. The van der Waals surface area contributed by atoms with Gasteiger partial charge >= 0.3 is 6.09 Å². The summed E-state index contributed by atoms with van der Waals surface area (Å²) in [7, 11) is -2.78. The van der Waals surface area contributed by atoms with Crippen molar-refractivity contribution >= 4 is 38.9 Å². The van der Waals surface area contributed by atoms with Crippen LogP contribution in [-0.2, 0) is 24.1 Å². The van der Waals surface area contributed by atoms with Crippen LogP contribution < -0.4 is 10.2 Å². The minimum atomic E-state index is -2.78.